The molecule has 1 atom stereocenters. The summed E-state index contributed by atoms with van der Waals surface area (Å²) in [7, 11) is 0. The van der Waals surface area contributed by atoms with Crippen LogP contribution in [0.5, 0.6) is 17.2 Å². The number of benzene rings is 4. The summed E-state index contributed by atoms with van der Waals surface area (Å²) in [5, 5.41) is 3.00. The monoisotopic (exact) mass is 544 g/mol. The summed E-state index contributed by atoms with van der Waals surface area (Å²) in [5.74, 6) is 1.48. The van der Waals surface area contributed by atoms with Crippen molar-refractivity contribution < 1.29 is 28.6 Å². The maximum Gasteiger partial charge on any atom is 0.251 e. The predicted octanol–water partition coefficient (Wildman–Crippen LogP) is 4.47. The van der Waals surface area contributed by atoms with E-state index in [4.69, 9.17) is 14.2 Å². The van der Waals surface area contributed by atoms with Crippen LogP contribution in [0, 0.1) is 0 Å². The van der Waals surface area contributed by atoms with Gasteiger partial charge in [0.25, 0.3) is 5.91 Å². The fourth-order valence-corrected chi connectivity index (χ4v) is 6.59. The van der Waals surface area contributed by atoms with Crippen molar-refractivity contribution in [3.63, 3.8) is 0 Å². The van der Waals surface area contributed by atoms with Crippen molar-refractivity contribution in [3.8, 4) is 28.4 Å². The van der Waals surface area contributed by atoms with Gasteiger partial charge in [0.2, 0.25) is 12.7 Å². The summed E-state index contributed by atoms with van der Waals surface area (Å²) in [5.41, 5.74) is 4.66. The average Bonchev–Trinajstić information content (AvgIpc) is 3.75. The first-order chi connectivity index (χ1) is 20.1. The zero-order chi connectivity index (χ0) is 27.7. The second-order valence-electron chi connectivity index (χ2n) is 10.6. The van der Waals surface area contributed by atoms with E-state index in [1.165, 1.54) is 0 Å². The van der Waals surface area contributed by atoms with E-state index in [1.807, 2.05) is 48.5 Å². The van der Waals surface area contributed by atoms with E-state index in [9.17, 15) is 14.4 Å². The molecule has 1 unspecified atom stereocenters. The van der Waals surface area contributed by atoms with E-state index in [2.05, 4.69) is 5.32 Å². The molecule has 4 aromatic rings. The van der Waals surface area contributed by atoms with Crippen LogP contribution < -0.4 is 24.4 Å². The summed E-state index contributed by atoms with van der Waals surface area (Å²) >= 11 is 0. The van der Waals surface area contributed by atoms with E-state index >= 15 is 0 Å². The lowest BCUT2D eigenvalue weighted by Gasteiger charge is -2.23. The standard InChI is InChI=1S/C33H24N2O6/c36-30-20-8-2-1-7-19(20)29-21(30)9-5-10-22(29)31(37)34-13-6-14-35-25-12-4-3-11-23(25)33(32(35)38)17-39-26-16-28-27(15-24(26)33)40-18-41-28/h1-5,7-12,15-16H,6,13-14,17-18H2,(H,34,37). The van der Waals surface area contributed by atoms with Crippen molar-refractivity contribution in [1.29, 1.82) is 0 Å². The SMILES string of the molecule is O=C(NCCCN1C(=O)C2(COc3cc4c(cc32)OCO4)c2ccccc21)c1cccc2c1-c1ccccc1C2=O. The van der Waals surface area contributed by atoms with Gasteiger partial charge in [-0.2, -0.15) is 0 Å². The maximum atomic E-state index is 14.1. The minimum Gasteiger partial charge on any atom is -0.491 e. The Morgan fingerprint density at radius 3 is 2.44 bits per heavy atom. The van der Waals surface area contributed by atoms with Crippen LogP contribution in [-0.4, -0.2) is 44.1 Å². The molecule has 4 aromatic carbocycles. The predicted molar refractivity (Wildman–Crippen MR) is 150 cm³/mol. The topological polar surface area (TPSA) is 94.2 Å². The Kier molecular flexibility index (Phi) is 5.04. The molecule has 0 bridgehead atoms. The van der Waals surface area contributed by atoms with Crippen molar-refractivity contribution >= 4 is 23.3 Å². The molecule has 0 radical (unpaired) electrons. The molecule has 3 aliphatic heterocycles. The molecule has 8 nitrogen and oxygen atoms in total. The number of carbonyl (C=O) groups excluding carboxylic acids is 3. The Morgan fingerprint density at radius 2 is 1.56 bits per heavy atom. The fourth-order valence-electron chi connectivity index (χ4n) is 6.59. The molecule has 0 saturated heterocycles. The highest BCUT2D eigenvalue weighted by atomic mass is 16.7. The molecular formula is C33H24N2O6. The summed E-state index contributed by atoms with van der Waals surface area (Å²) < 4.78 is 17.2. The lowest BCUT2D eigenvalue weighted by Crippen LogP contribution is -2.43. The normalized spacial score (nSPS) is 18.7. The number of nitrogens with one attached hydrogen (secondary N) is 1. The molecule has 0 saturated carbocycles. The molecule has 202 valence electrons. The van der Waals surface area contributed by atoms with Gasteiger partial charge in [-0.25, -0.2) is 0 Å². The van der Waals surface area contributed by atoms with Gasteiger partial charge in [-0.3, -0.25) is 14.4 Å². The van der Waals surface area contributed by atoms with E-state index in [0.29, 0.717) is 59.0 Å². The first-order valence-electron chi connectivity index (χ1n) is 13.6. The van der Waals surface area contributed by atoms with Gasteiger partial charge >= 0.3 is 0 Å². The van der Waals surface area contributed by atoms with Crippen molar-refractivity contribution in [2.45, 2.75) is 11.8 Å². The number of rotatable bonds is 5. The highest BCUT2D eigenvalue weighted by molar-refractivity contribution is 6.24. The third-order valence-corrected chi connectivity index (χ3v) is 8.48. The number of ether oxygens (including phenoxy) is 3. The van der Waals surface area contributed by atoms with Crippen molar-refractivity contribution in [2.75, 3.05) is 31.4 Å². The minimum absolute atomic E-state index is 0.0568. The average molecular weight is 545 g/mol. The van der Waals surface area contributed by atoms with Gasteiger partial charge in [-0.15, -0.1) is 0 Å². The second-order valence-corrected chi connectivity index (χ2v) is 10.6. The minimum atomic E-state index is -0.958. The third-order valence-electron chi connectivity index (χ3n) is 8.48. The lowest BCUT2D eigenvalue weighted by atomic mass is 9.77. The maximum absolute atomic E-state index is 14.1. The molecule has 1 N–H and O–H groups in total. The molecule has 4 aliphatic rings. The summed E-state index contributed by atoms with van der Waals surface area (Å²) in [4.78, 5) is 42.0. The molecule has 0 fully saturated rings. The van der Waals surface area contributed by atoms with E-state index in [0.717, 1.165) is 22.4 Å². The number of ketones is 1. The van der Waals surface area contributed by atoms with Crippen LogP contribution >= 0.6 is 0 Å². The van der Waals surface area contributed by atoms with Crippen LogP contribution in [0.4, 0.5) is 5.69 Å². The van der Waals surface area contributed by atoms with Gasteiger partial charge < -0.3 is 24.4 Å². The highest BCUT2D eigenvalue weighted by Gasteiger charge is 2.57. The first kappa shape index (κ1) is 23.7. The number of nitrogens with zero attached hydrogens (tertiary/aromatic N) is 1. The molecule has 3 heterocycles. The number of hydrogen-bond donors (Lipinski definition) is 1. The molecule has 8 heteroatoms. The van der Waals surface area contributed by atoms with Crippen LogP contribution in [0.25, 0.3) is 11.1 Å². The largest absolute Gasteiger partial charge is 0.491 e. The lowest BCUT2D eigenvalue weighted by molar-refractivity contribution is -0.122. The Morgan fingerprint density at radius 1 is 0.805 bits per heavy atom. The molecule has 0 aromatic heterocycles. The quantitative estimate of drug-likeness (QED) is 0.328. The highest BCUT2D eigenvalue weighted by Crippen LogP contribution is 2.55. The third kappa shape index (κ3) is 3.24. The van der Waals surface area contributed by atoms with E-state index in [1.54, 1.807) is 35.2 Å². The van der Waals surface area contributed by atoms with Gasteiger partial charge in [0.1, 0.15) is 17.8 Å². The number of fused-ring (bicyclic) bond motifs is 8. The van der Waals surface area contributed by atoms with Crippen LogP contribution in [0.15, 0.2) is 78.9 Å². The van der Waals surface area contributed by atoms with Crippen molar-refractivity contribution in [2.24, 2.45) is 0 Å². The van der Waals surface area contributed by atoms with Crippen LogP contribution in [0.2, 0.25) is 0 Å². The van der Waals surface area contributed by atoms with E-state index < -0.39 is 5.41 Å². The molecule has 1 aliphatic carbocycles. The van der Waals surface area contributed by atoms with Crippen LogP contribution in [0.1, 0.15) is 43.8 Å². The van der Waals surface area contributed by atoms with Gasteiger partial charge in [-0.1, -0.05) is 54.6 Å². The van der Waals surface area contributed by atoms with Crippen LogP contribution in [-0.2, 0) is 10.2 Å². The Labute approximate surface area is 235 Å². The summed E-state index contributed by atoms with van der Waals surface area (Å²) in [6, 6.07) is 24.1. The molecule has 41 heavy (non-hydrogen) atoms. The molecule has 8 rings (SSSR count). The Balaban J connectivity index is 1.02. The number of hydrogen-bond acceptors (Lipinski definition) is 6. The van der Waals surface area contributed by atoms with Gasteiger partial charge in [0.15, 0.2) is 17.3 Å². The van der Waals surface area contributed by atoms with Gasteiger partial charge in [0, 0.05) is 52.7 Å². The van der Waals surface area contributed by atoms with Gasteiger partial charge in [0.05, 0.1) is 0 Å². The number of amides is 2. The number of anilines is 1. The van der Waals surface area contributed by atoms with E-state index in [-0.39, 0.29) is 31.0 Å². The van der Waals surface area contributed by atoms with Crippen LogP contribution in [0.3, 0.4) is 0 Å². The zero-order valence-corrected chi connectivity index (χ0v) is 21.9. The first-order valence-corrected chi connectivity index (χ1v) is 13.6. The molecule has 1 spiro atoms. The van der Waals surface area contributed by atoms with Crippen molar-refractivity contribution in [3.05, 3.63) is 107 Å². The zero-order valence-electron chi connectivity index (χ0n) is 21.9. The molecule has 2 amide bonds. The number of para-hydroxylation sites is 1. The second kappa shape index (κ2) is 8.69. The van der Waals surface area contributed by atoms with Crippen molar-refractivity contribution in [1.82, 2.24) is 5.32 Å². The Bertz CT molecular complexity index is 1810. The van der Waals surface area contributed by atoms with Gasteiger partial charge in [-0.05, 0) is 35.7 Å². The smallest absolute Gasteiger partial charge is 0.251 e. The summed E-state index contributed by atoms with van der Waals surface area (Å²) in [6.45, 7) is 1.13. The fraction of sp³-hybridized carbons (Fsp3) is 0.182. The summed E-state index contributed by atoms with van der Waals surface area (Å²) in [6.07, 6.45) is 0.543. The number of carbonyl (C=O) groups is 3. The molecular weight excluding hydrogens is 520 g/mol. The Hall–Kier alpha value is -5.11.